The number of fused-ring (bicyclic) bond motifs is 2. The number of rotatable bonds is 9. The maximum Gasteiger partial charge on any atom is 0.208 e. The van der Waals surface area contributed by atoms with Crippen LogP contribution in [0.4, 0.5) is 28.4 Å². The van der Waals surface area contributed by atoms with Crippen LogP contribution in [0.15, 0.2) is 210 Å². The van der Waals surface area contributed by atoms with Gasteiger partial charge in [-0.15, -0.1) is 6.42 Å². The third kappa shape index (κ3) is 6.73. The average molecular weight is 745 g/mol. The molecule has 0 radical (unpaired) electrons. The maximum atomic E-state index is 14.2. The summed E-state index contributed by atoms with van der Waals surface area (Å²) in [4.78, 5) is 18.3. The Balaban J connectivity index is 1.09. The highest BCUT2D eigenvalue weighted by molar-refractivity contribution is 7.91. The minimum absolute atomic E-state index is 0.0112. The standard InChI is InChI=1S/C50H36N2O3S/c1-3-5-15-40(4-2)51(41-16-9-6-10-17-41)44-28-24-37(25-29-44)39-26-32-46-49(35-39)56(54,55)48-33-27-38(34-47(48)50(46)53)36-22-30-45(31-23-36)52(42-18-11-7-12-19-42)43-20-13-8-14-21-43/h1,4-35H,2H3/b15-5-,40-4+. The van der Waals surface area contributed by atoms with Crippen molar-refractivity contribution in [3.63, 3.8) is 0 Å². The van der Waals surface area contributed by atoms with Crippen molar-refractivity contribution in [1.29, 1.82) is 0 Å². The highest BCUT2D eigenvalue weighted by Crippen LogP contribution is 2.40. The Morgan fingerprint density at radius 1 is 0.536 bits per heavy atom. The molecule has 1 aliphatic rings. The number of carbonyl (C=O) groups excluding carboxylic acids is 1. The molecule has 1 aliphatic heterocycles. The van der Waals surface area contributed by atoms with Gasteiger partial charge in [0.2, 0.25) is 9.84 Å². The van der Waals surface area contributed by atoms with E-state index in [1.54, 1.807) is 36.4 Å². The third-order valence-electron chi connectivity index (χ3n) is 9.89. The molecule has 0 aliphatic carbocycles. The van der Waals surface area contributed by atoms with Crippen LogP contribution in [-0.2, 0) is 9.84 Å². The number of benzene rings is 7. The number of ketones is 1. The fourth-order valence-corrected chi connectivity index (χ4v) is 8.82. The number of hydrogen-bond acceptors (Lipinski definition) is 5. The van der Waals surface area contributed by atoms with E-state index < -0.39 is 9.84 Å². The number of terminal acetylenes is 1. The van der Waals surface area contributed by atoms with Crippen molar-refractivity contribution in [2.45, 2.75) is 16.7 Å². The minimum atomic E-state index is -3.99. The van der Waals surface area contributed by atoms with E-state index >= 15 is 0 Å². The monoisotopic (exact) mass is 744 g/mol. The van der Waals surface area contributed by atoms with Gasteiger partial charge in [0.1, 0.15) is 0 Å². The number of hydrogen-bond donors (Lipinski definition) is 0. The van der Waals surface area contributed by atoms with Gasteiger partial charge in [-0.05, 0) is 126 Å². The Morgan fingerprint density at radius 3 is 1.55 bits per heavy atom. The molecule has 6 heteroatoms. The minimum Gasteiger partial charge on any atom is -0.311 e. The van der Waals surface area contributed by atoms with E-state index in [2.05, 4.69) is 40.0 Å². The Bertz CT molecular complexity index is 2730. The predicted molar refractivity (Wildman–Crippen MR) is 228 cm³/mol. The molecule has 0 spiro atoms. The Labute approximate surface area is 328 Å². The van der Waals surface area contributed by atoms with Gasteiger partial charge < -0.3 is 9.80 Å². The molecule has 5 nitrogen and oxygen atoms in total. The number of nitrogens with zero attached hydrogens (tertiary/aromatic N) is 2. The van der Waals surface area contributed by atoms with E-state index in [1.807, 2.05) is 140 Å². The van der Waals surface area contributed by atoms with Gasteiger partial charge in [-0.3, -0.25) is 4.79 Å². The second-order valence-electron chi connectivity index (χ2n) is 13.2. The molecule has 0 unspecified atom stereocenters. The highest BCUT2D eigenvalue weighted by atomic mass is 32.2. The quantitative estimate of drug-likeness (QED) is 0.109. The van der Waals surface area contributed by atoms with Crippen LogP contribution in [0.5, 0.6) is 0 Å². The molecule has 0 aromatic heterocycles. The van der Waals surface area contributed by atoms with Gasteiger partial charge in [0, 0.05) is 45.3 Å². The fourth-order valence-electron chi connectivity index (χ4n) is 7.16. The molecule has 0 atom stereocenters. The predicted octanol–water partition coefficient (Wildman–Crippen LogP) is 12.1. The fraction of sp³-hybridized carbons (Fsp3) is 0.0200. The SMILES string of the molecule is C#C/C=C\C(=C/C)N(c1ccccc1)c1ccc(-c2ccc3c(c2)S(=O)(=O)c2ccc(-c4ccc(N(c5ccccc5)c5ccccc5)cc4)cc2C3=O)cc1. The summed E-state index contributed by atoms with van der Waals surface area (Å²) < 4.78 is 28.3. The first-order chi connectivity index (χ1) is 27.4. The van der Waals surface area contributed by atoms with E-state index in [4.69, 9.17) is 6.42 Å². The van der Waals surface area contributed by atoms with Crippen molar-refractivity contribution in [2.24, 2.45) is 0 Å². The Hall–Kier alpha value is -7.20. The molecular formula is C50H36N2O3S. The smallest absolute Gasteiger partial charge is 0.208 e. The van der Waals surface area contributed by atoms with Crippen LogP contribution < -0.4 is 9.80 Å². The number of anilines is 5. The first-order valence-electron chi connectivity index (χ1n) is 18.2. The van der Waals surface area contributed by atoms with Gasteiger partial charge in [-0.2, -0.15) is 0 Å². The summed E-state index contributed by atoms with van der Waals surface area (Å²) in [6.45, 7) is 1.96. The van der Waals surface area contributed by atoms with Crippen molar-refractivity contribution in [1.82, 2.24) is 0 Å². The lowest BCUT2D eigenvalue weighted by Gasteiger charge is -2.26. The van der Waals surface area contributed by atoms with Gasteiger partial charge in [0.05, 0.1) is 9.79 Å². The van der Waals surface area contributed by atoms with Gasteiger partial charge in [-0.25, -0.2) is 8.42 Å². The van der Waals surface area contributed by atoms with Crippen LogP contribution in [0.3, 0.4) is 0 Å². The summed E-state index contributed by atoms with van der Waals surface area (Å²) in [6.07, 6.45) is 11.1. The molecule has 0 N–H and O–H groups in total. The summed E-state index contributed by atoms with van der Waals surface area (Å²) in [5.74, 6) is 2.25. The van der Waals surface area contributed by atoms with Gasteiger partial charge in [0.25, 0.3) is 0 Å². The van der Waals surface area contributed by atoms with Crippen molar-refractivity contribution >= 4 is 44.1 Å². The number of para-hydroxylation sites is 3. The topological polar surface area (TPSA) is 57.7 Å². The largest absolute Gasteiger partial charge is 0.311 e. The number of sulfone groups is 1. The lowest BCUT2D eigenvalue weighted by molar-refractivity contribution is 0.103. The van der Waals surface area contributed by atoms with Crippen LogP contribution in [0.2, 0.25) is 0 Å². The van der Waals surface area contributed by atoms with Crippen LogP contribution in [0.1, 0.15) is 22.8 Å². The average Bonchev–Trinajstić information content (AvgIpc) is 3.25. The molecule has 0 saturated carbocycles. The Kier molecular flexibility index (Phi) is 9.77. The van der Waals surface area contributed by atoms with Crippen LogP contribution in [-0.4, -0.2) is 14.2 Å². The highest BCUT2D eigenvalue weighted by Gasteiger charge is 2.35. The summed E-state index contributed by atoms with van der Waals surface area (Å²) in [7, 11) is -3.99. The summed E-state index contributed by atoms with van der Waals surface area (Å²) in [5.41, 5.74) is 9.25. The molecule has 8 rings (SSSR count). The van der Waals surface area contributed by atoms with Crippen molar-refractivity contribution < 1.29 is 13.2 Å². The van der Waals surface area contributed by atoms with E-state index in [-0.39, 0.29) is 26.7 Å². The first kappa shape index (κ1) is 35.8. The molecule has 0 saturated heterocycles. The lowest BCUT2D eigenvalue weighted by atomic mass is 9.95. The Morgan fingerprint density at radius 2 is 1.00 bits per heavy atom. The molecule has 0 fully saturated rings. The maximum absolute atomic E-state index is 14.2. The van der Waals surface area contributed by atoms with Crippen LogP contribution in [0, 0.1) is 12.3 Å². The molecule has 0 amide bonds. The van der Waals surface area contributed by atoms with Crippen molar-refractivity contribution in [3.8, 4) is 34.6 Å². The van der Waals surface area contributed by atoms with Crippen LogP contribution >= 0.6 is 0 Å². The number of carbonyl (C=O) groups is 1. The van der Waals surface area contributed by atoms with E-state index in [0.717, 1.165) is 50.8 Å². The zero-order valence-corrected chi connectivity index (χ0v) is 31.4. The van der Waals surface area contributed by atoms with E-state index in [0.29, 0.717) is 5.56 Å². The van der Waals surface area contributed by atoms with Gasteiger partial charge in [0.15, 0.2) is 5.78 Å². The summed E-state index contributed by atoms with van der Waals surface area (Å²) in [6, 6.07) is 56.3. The molecular weight excluding hydrogens is 709 g/mol. The zero-order valence-electron chi connectivity index (χ0n) is 30.6. The van der Waals surface area contributed by atoms with Crippen molar-refractivity contribution in [3.05, 3.63) is 211 Å². The summed E-state index contributed by atoms with van der Waals surface area (Å²) in [5, 5.41) is 0. The number of allylic oxidation sites excluding steroid dienone is 3. The van der Waals surface area contributed by atoms with Crippen molar-refractivity contribution in [2.75, 3.05) is 9.80 Å². The van der Waals surface area contributed by atoms with E-state index in [9.17, 15) is 13.2 Å². The summed E-state index contributed by atoms with van der Waals surface area (Å²) >= 11 is 0. The van der Waals surface area contributed by atoms with Gasteiger partial charge in [-0.1, -0.05) is 103 Å². The molecule has 7 aromatic carbocycles. The third-order valence-corrected chi connectivity index (χ3v) is 11.7. The zero-order chi connectivity index (χ0) is 38.6. The second kappa shape index (κ2) is 15.3. The van der Waals surface area contributed by atoms with E-state index in [1.165, 1.54) is 0 Å². The lowest BCUT2D eigenvalue weighted by Crippen LogP contribution is -2.20. The first-order valence-corrected chi connectivity index (χ1v) is 19.7. The second-order valence-corrected chi connectivity index (χ2v) is 15.1. The molecule has 270 valence electrons. The molecule has 7 aromatic rings. The van der Waals surface area contributed by atoms with Gasteiger partial charge >= 0.3 is 0 Å². The van der Waals surface area contributed by atoms with Crippen LogP contribution in [0.25, 0.3) is 22.3 Å². The molecule has 0 bridgehead atoms. The molecule has 1 heterocycles. The normalized spacial score (nSPS) is 13.1. The molecule has 56 heavy (non-hydrogen) atoms.